The van der Waals surface area contributed by atoms with Gasteiger partial charge in [0.15, 0.2) is 0 Å². The lowest BCUT2D eigenvalue weighted by Gasteiger charge is -2.49. The molecule has 1 heterocycles. The standard InChI is InChI=1S/C23H28FN3O4/c1-11-9-14(7-8-15(11)24)25-21(30)18-12(2)19(27(6)13(18)3)20(29)22(31)26-16-10-17(28)23(16,4)5/h7-9,16-17,28H,10H2,1-6H3,(H,25,30)(H,26,31)/t16-,17+/m0/s1. The maximum atomic E-state index is 13.5. The summed E-state index contributed by atoms with van der Waals surface area (Å²) in [4.78, 5) is 38.4. The van der Waals surface area contributed by atoms with E-state index >= 15 is 0 Å². The Balaban J connectivity index is 1.84. The van der Waals surface area contributed by atoms with Gasteiger partial charge in [0.05, 0.1) is 17.4 Å². The summed E-state index contributed by atoms with van der Waals surface area (Å²) in [6.45, 7) is 8.57. The Labute approximate surface area is 180 Å². The molecule has 7 nitrogen and oxygen atoms in total. The van der Waals surface area contributed by atoms with E-state index in [1.54, 1.807) is 27.8 Å². The van der Waals surface area contributed by atoms with E-state index < -0.39 is 29.1 Å². The highest BCUT2D eigenvalue weighted by molar-refractivity contribution is 6.43. The Morgan fingerprint density at radius 1 is 1.19 bits per heavy atom. The molecule has 1 fully saturated rings. The molecule has 1 aromatic carbocycles. The molecule has 8 heteroatoms. The largest absolute Gasteiger partial charge is 0.392 e. The van der Waals surface area contributed by atoms with Crippen LogP contribution in [0.25, 0.3) is 0 Å². The first-order valence-corrected chi connectivity index (χ1v) is 10.1. The minimum absolute atomic E-state index is 0.133. The van der Waals surface area contributed by atoms with E-state index in [0.717, 1.165) is 0 Å². The number of aliphatic hydroxyl groups is 1. The lowest BCUT2D eigenvalue weighted by atomic mass is 9.64. The molecule has 0 unspecified atom stereocenters. The van der Waals surface area contributed by atoms with Crippen LogP contribution in [0.3, 0.4) is 0 Å². The first-order valence-electron chi connectivity index (χ1n) is 10.1. The van der Waals surface area contributed by atoms with Gasteiger partial charge in [-0.2, -0.15) is 0 Å². The van der Waals surface area contributed by atoms with E-state index in [2.05, 4.69) is 10.6 Å². The molecule has 166 valence electrons. The molecule has 0 bridgehead atoms. The summed E-state index contributed by atoms with van der Waals surface area (Å²) in [7, 11) is 1.62. The van der Waals surface area contributed by atoms with Crippen molar-refractivity contribution in [3.05, 3.63) is 52.1 Å². The monoisotopic (exact) mass is 429 g/mol. The second-order valence-electron chi connectivity index (χ2n) is 8.84. The van der Waals surface area contributed by atoms with Crippen molar-refractivity contribution in [2.24, 2.45) is 12.5 Å². The number of halogens is 1. The molecule has 2 atom stereocenters. The Morgan fingerprint density at radius 2 is 1.84 bits per heavy atom. The number of amides is 2. The van der Waals surface area contributed by atoms with Crippen LogP contribution in [-0.4, -0.2) is 39.4 Å². The van der Waals surface area contributed by atoms with Gasteiger partial charge < -0.3 is 20.3 Å². The van der Waals surface area contributed by atoms with Crippen LogP contribution in [0.2, 0.25) is 0 Å². The number of aromatic nitrogens is 1. The number of aliphatic hydroxyl groups excluding tert-OH is 1. The van der Waals surface area contributed by atoms with E-state index in [1.165, 1.54) is 22.8 Å². The smallest absolute Gasteiger partial charge is 0.294 e. The lowest BCUT2D eigenvalue weighted by molar-refractivity contribution is -0.125. The molecule has 2 amide bonds. The number of Topliss-reactive ketones (excluding diaryl/α,β-unsaturated/α-hetero) is 1. The highest BCUT2D eigenvalue weighted by Crippen LogP contribution is 2.40. The molecule has 3 N–H and O–H groups in total. The van der Waals surface area contributed by atoms with Crippen molar-refractivity contribution in [3.63, 3.8) is 0 Å². The Hall–Kier alpha value is -3.00. The normalized spacial score (nSPS) is 19.5. The number of rotatable bonds is 5. The number of carbonyl (C=O) groups is 3. The van der Waals surface area contributed by atoms with E-state index in [-0.39, 0.29) is 17.6 Å². The molecule has 0 radical (unpaired) electrons. The fourth-order valence-corrected chi connectivity index (χ4v) is 4.03. The van der Waals surface area contributed by atoms with Crippen LogP contribution >= 0.6 is 0 Å². The summed E-state index contributed by atoms with van der Waals surface area (Å²) in [6, 6.07) is 3.95. The van der Waals surface area contributed by atoms with Gasteiger partial charge in [0.25, 0.3) is 17.6 Å². The second-order valence-corrected chi connectivity index (χ2v) is 8.84. The summed E-state index contributed by atoms with van der Waals surface area (Å²) in [6.07, 6.45) is -0.139. The maximum absolute atomic E-state index is 13.5. The van der Waals surface area contributed by atoms with Crippen LogP contribution in [0.5, 0.6) is 0 Å². The molecule has 1 aliphatic rings. The van der Waals surface area contributed by atoms with Crippen LogP contribution in [0, 0.1) is 32.0 Å². The lowest BCUT2D eigenvalue weighted by Crippen LogP contribution is -2.62. The van der Waals surface area contributed by atoms with Gasteiger partial charge in [0.2, 0.25) is 0 Å². The van der Waals surface area contributed by atoms with Crippen LogP contribution in [0.4, 0.5) is 10.1 Å². The fraction of sp³-hybridized carbons (Fsp3) is 0.435. The molecule has 0 aliphatic heterocycles. The topological polar surface area (TPSA) is 100 Å². The van der Waals surface area contributed by atoms with Crippen molar-refractivity contribution in [1.29, 1.82) is 0 Å². The van der Waals surface area contributed by atoms with E-state index in [9.17, 15) is 23.9 Å². The third-order valence-electron chi connectivity index (χ3n) is 6.52. The highest BCUT2D eigenvalue weighted by atomic mass is 19.1. The van der Waals surface area contributed by atoms with Crippen molar-refractivity contribution in [2.75, 3.05) is 5.32 Å². The molecule has 0 spiro atoms. The predicted octanol–water partition coefficient (Wildman–Crippen LogP) is 2.80. The average molecular weight is 429 g/mol. The molecule has 3 rings (SSSR count). The molecule has 1 saturated carbocycles. The van der Waals surface area contributed by atoms with Gasteiger partial charge in [-0.05, 0) is 56.5 Å². The first-order chi connectivity index (χ1) is 14.4. The molecule has 31 heavy (non-hydrogen) atoms. The summed E-state index contributed by atoms with van der Waals surface area (Å²) in [5, 5.41) is 15.3. The van der Waals surface area contributed by atoms with Crippen LogP contribution in [-0.2, 0) is 11.8 Å². The third kappa shape index (κ3) is 3.87. The van der Waals surface area contributed by atoms with Crippen molar-refractivity contribution < 1.29 is 23.9 Å². The van der Waals surface area contributed by atoms with Crippen LogP contribution in [0.1, 0.15) is 57.9 Å². The van der Waals surface area contributed by atoms with Gasteiger partial charge in [0, 0.05) is 29.9 Å². The zero-order valence-electron chi connectivity index (χ0n) is 18.6. The number of nitrogens with one attached hydrogen (secondary N) is 2. The quantitative estimate of drug-likeness (QED) is 0.503. The van der Waals surface area contributed by atoms with Crippen molar-refractivity contribution in [3.8, 4) is 0 Å². The minimum atomic E-state index is -0.769. The van der Waals surface area contributed by atoms with Gasteiger partial charge in [0.1, 0.15) is 5.82 Å². The zero-order chi connectivity index (χ0) is 23.2. The summed E-state index contributed by atoms with van der Waals surface area (Å²) in [5.74, 6) is -2.32. The Morgan fingerprint density at radius 3 is 2.39 bits per heavy atom. The SMILES string of the molecule is Cc1cc(NC(=O)c2c(C)c(C(=O)C(=O)N[C@H]3C[C@@H](O)C3(C)C)n(C)c2C)ccc1F. The molecule has 1 aromatic heterocycles. The summed E-state index contributed by atoms with van der Waals surface area (Å²) in [5.41, 5.74) is 1.67. The van der Waals surface area contributed by atoms with Crippen LogP contribution < -0.4 is 10.6 Å². The number of hydrogen-bond acceptors (Lipinski definition) is 4. The summed E-state index contributed by atoms with van der Waals surface area (Å²) < 4.78 is 15.0. The molecule has 2 aromatic rings. The maximum Gasteiger partial charge on any atom is 0.294 e. The number of aryl methyl sites for hydroxylation is 1. The van der Waals surface area contributed by atoms with Crippen LogP contribution in [0.15, 0.2) is 18.2 Å². The zero-order valence-corrected chi connectivity index (χ0v) is 18.6. The van der Waals surface area contributed by atoms with Gasteiger partial charge in [-0.15, -0.1) is 0 Å². The average Bonchev–Trinajstić information content (AvgIpc) is 2.92. The minimum Gasteiger partial charge on any atom is -0.392 e. The Kier molecular flexibility index (Phi) is 5.80. The number of ketones is 1. The van der Waals surface area contributed by atoms with E-state index in [1.807, 2.05) is 13.8 Å². The molecule has 1 aliphatic carbocycles. The van der Waals surface area contributed by atoms with Gasteiger partial charge in [-0.1, -0.05) is 13.8 Å². The van der Waals surface area contributed by atoms with Gasteiger partial charge in [-0.25, -0.2) is 4.39 Å². The molecular formula is C23H28FN3O4. The van der Waals surface area contributed by atoms with Gasteiger partial charge >= 0.3 is 0 Å². The first kappa shape index (κ1) is 22.7. The third-order valence-corrected chi connectivity index (χ3v) is 6.52. The van der Waals surface area contributed by atoms with Crippen molar-refractivity contribution >= 4 is 23.3 Å². The van der Waals surface area contributed by atoms with E-state index in [4.69, 9.17) is 0 Å². The number of anilines is 1. The van der Waals surface area contributed by atoms with E-state index in [0.29, 0.717) is 34.5 Å². The number of nitrogens with zero attached hydrogens (tertiary/aromatic N) is 1. The molecular weight excluding hydrogens is 401 g/mol. The number of hydrogen-bond donors (Lipinski definition) is 3. The predicted molar refractivity (Wildman–Crippen MR) is 115 cm³/mol. The van der Waals surface area contributed by atoms with Crippen molar-refractivity contribution in [1.82, 2.24) is 9.88 Å². The van der Waals surface area contributed by atoms with Crippen molar-refractivity contribution in [2.45, 2.75) is 53.2 Å². The van der Waals surface area contributed by atoms with Gasteiger partial charge in [-0.3, -0.25) is 14.4 Å². The summed E-state index contributed by atoms with van der Waals surface area (Å²) >= 11 is 0. The number of benzene rings is 1. The fourth-order valence-electron chi connectivity index (χ4n) is 4.03. The highest BCUT2D eigenvalue weighted by Gasteiger charge is 2.48. The Bertz CT molecular complexity index is 1090. The second kappa shape index (κ2) is 7.92. The molecule has 0 saturated heterocycles. The number of carbonyl (C=O) groups excluding carboxylic acids is 3.